The molecule has 0 bridgehead atoms. The van der Waals surface area contributed by atoms with E-state index in [0.29, 0.717) is 5.75 Å². The van der Waals surface area contributed by atoms with Gasteiger partial charge in [-0.2, -0.15) is 22.0 Å². The number of hydrogen-bond acceptors (Lipinski definition) is 2. The Hall–Kier alpha value is -0.600. The van der Waals surface area contributed by atoms with Gasteiger partial charge in [-0.05, 0) is 33.6 Å². The number of methoxy groups -OCH3 is 1. The first-order valence-corrected chi connectivity index (χ1v) is 5.44. The molecule has 0 aliphatic rings. The molecule has 1 rings (SSSR count). The summed E-state index contributed by atoms with van der Waals surface area (Å²) in [5.74, 6) is -4.69. The van der Waals surface area contributed by atoms with Gasteiger partial charge in [0, 0.05) is 0 Å². The number of rotatable bonds is 3. The molecular formula is C10H10BrClF5NO. The van der Waals surface area contributed by atoms with Crippen molar-refractivity contribution in [3.63, 3.8) is 0 Å². The fraction of sp³-hybridized carbons (Fsp3) is 0.400. The predicted octanol–water partition coefficient (Wildman–Crippen LogP) is 4.08. The second-order valence-electron chi connectivity index (χ2n) is 3.49. The Morgan fingerprint density at radius 3 is 2.11 bits per heavy atom. The van der Waals surface area contributed by atoms with Crippen LogP contribution in [0.2, 0.25) is 0 Å². The van der Waals surface area contributed by atoms with Gasteiger partial charge in [-0.3, -0.25) is 0 Å². The fourth-order valence-corrected chi connectivity index (χ4v) is 1.82. The van der Waals surface area contributed by atoms with E-state index in [1.807, 2.05) is 0 Å². The maximum absolute atomic E-state index is 13.0. The van der Waals surface area contributed by atoms with Gasteiger partial charge >= 0.3 is 12.1 Å². The van der Waals surface area contributed by atoms with Crippen molar-refractivity contribution in [2.24, 2.45) is 5.73 Å². The van der Waals surface area contributed by atoms with Crippen LogP contribution in [0.4, 0.5) is 22.0 Å². The number of hydrogen-bond donors (Lipinski definition) is 1. The molecule has 1 aromatic carbocycles. The molecule has 0 aliphatic carbocycles. The number of alkyl halides is 5. The third-order valence-corrected chi connectivity index (χ3v) is 2.92. The number of halogens is 7. The summed E-state index contributed by atoms with van der Waals surface area (Å²) in [5.41, 5.74) is 4.65. The van der Waals surface area contributed by atoms with Gasteiger partial charge < -0.3 is 10.5 Å². The van der Waals surface area contributed by atoms with Crippen molar-refractivity contribution in [1.82, 2.24) is 0 Å². The molecule has 0 fully saturated rings. The van der Waals surface area contributed by atoms with Gasteiger partial charge in [-0.15, -0.1) is 12.4 Å². The first kappa shape index (κ1) is 18.4. The average molecular weight is 371 g/mol. The summed E-state index contributed by atoms with van der Waals surface area (Å²) in [6, 6.07) is 0.919. The molecule has 0 saturated carbocycles. The van der Waals surface area contributed by atoms with Crippen molar-refractivity contribution >= 4 is 28.3 Å². The van der Waals surface area contributed by atoms with Crippen LogP contribution >= 0.6 is 28.3 Å². The molecule has 110 valence electrons. The van der Waals surface area contributed by atoms with Gasteiger partial charge in [0.15, 0.2) is 0 Å². The molecule has 1 atom stereocenters. The molecule has 0 unspecified atom stereocenters. The molecule has 0 radical (unpaired) electrons. The van der Waals surface area contributed by atoms with Crippen LogP contribution in [0.5, 0.6) is 5.75 Å². The lowest BCUT2D eigenvalue weighted by molar-refractivity contribution is -0.291. The molecule has 0 aliphatic heterocycles. The third-order valence-electron chi connectivity index (χ3n) is 2.30. The molecule has 1 aromatic rings. The van der Waals surface area contributed by atoms with Gasteiger partial charge in [0.05, 0.1) is 11.6 Å². The molecule has 2 N–H and O–H groups in total. The Morgan fingerprint density at radius 2 is 1.74 bits per heavy atom. The predicted molar refractivity (Wildman–Crippen MR) is 65.9 cm³/mol. The zero-order chi connectivity index (χ0) is 14.1. The summed E-state index contributed by atoms with van der Waals surface area (Å²) in [7, 11) is 1.34. The summed E-state index contributed by atoms with van der Waals surface area (Å²) in [6.45, 7) is 0. The topological polar surface area (TPSA) is 35.2 Å². The van der Waals surface area contributed by atoms with Crippen LogP contribution in [0, 0.1) is 0 Å². The zero-order valence-electron chi connectivity index (χ0n) is 9.47. The summed E-state index contributed by atoms with van der Waals surface area (Å²) in [6.07, 6.45) is -5.70. The zero-order valence-corrected chi connectivity index (χ0v) is 11.9. The van der Waals surface area contributed by atoms with Crippen molar-refractivity contribution in [3.05, 3.63) is 28.2 Å². The summed E-state index contributed by atoms with van der Waals surface area (Å²) < 4.78 is 67.6. The molecule has 0 heterocycles. The maximum atomic E-state index is 13.0. The van der Waals surface area contributed by atoms with Crippen molar-refractivity contribution in [2.45, 2.75) is 18.1 Å². The van der Waals surface area contributed by atoms with Crippen LogP contribution in [0.3, 0.4) is 0 Å². The van der Waals surface area contributed by atoms with Crippen LogP contribution in [-0.4, -0.2) is 19.2 Å². The lowest BCUT2D eigenvalue weighted by atomic mass is 10.0. The van der Waals surface area contributed by atoms with Crippen molar-refractivity contribution < 1.29 is 26.7 Å². The Bertz CT molecular complexity index is 440. The molecule has 0 spiro atoms. The third kappa shape index (κ3) is 3.70. The molecule has 0 aromatic heterocycles. The van der Waals surface area contributed by atoms with E-state index in [4.69, 9.17) is 10.5 Å². The van der Waals surface area contributed by atoms with Gasteiger partial charge in [0.25, 0.3) is 0 Å². The highest BCUT2D eigenvalue weighted by molar-refractivity contribution is 9.10. The van der Waals surface area contributed by atoms with Crippen LogP contribution in [0.1, 0.15) is 11.6 Å². The highest BCUT2D eigenvalue weighted by Gasteiger charge is 2.61. The van der Waals surface area contributed by atoms with Crippen molar-refractivity contribution in [2.75, 3.05) is 7.11 Å². The number of nitrogens with two attached hydrogens (primary N) is 1. The SMILES string of the molecule is COc1ccc([C@@H](N)C(F)(F)C(F)(F)F)cc1Br.Cl. The van der Waals surface area contributed by atoms with Crippen molar-refractivity contribution in [1.29, 1.82) is 0 Å². The lowest BCUT2D eigenvalue weighted by Gasteiger charge is -2.26. The maximum Gasteiger partial charge on any atom is 0.455 e. The second-order valence-corrected chi connectivity index (χ2v) is 4.35. The van der Waals surface area contributed by atoms with Crippen LogP contribution in [0.15, 0.2) is 22.7 Å². The first-order chi connectivity index (χ1) is 8.11. The standard InChI is InChI=1S/C10H9BrF5NO.ClH/c1-18-7-3-2-5(4-6(7)11)8(17)9(12,13)10(14,15)16;/h2-4,8H,17H2,1H3;1H/t8-;/m1./s1. The highest BCUT2D eigenvalue weighted by Crippen LogP contribution is 2.44. The van der Waals surface area contributed by atoms with Gasteiger partial charge in [0.2, 0.25) is 0 Å². The Kier molecular flexibility index (Phi) is 6.04. The molecule has 2 nitrogen and oxygen atoms in total. The molecule has 19 heavy (non-hydrogen) atoms. The fourth-order valence-electron chi connectivity index (χ4n) is 1.26. The van der Waals surface area contributed by atoms with E-state index in [-0.39, 0.29) is 22.4 Å². The Morgan fingerprint density at radius 1 is 1.21 bits per heavy atom. The van der Waals surface area contributed by atoms with Gasteiger partial charge in [-0.1, -0.05) is 6.07 Å². The van der Waals surface area contributed by atoms with Gasteiger partial charge in [-0.25, -0.2) is 0 Å². The highest BCUT2D eigenvalue weighted by atomic mass is 79.9. The molecule has 0 saturated heterocycles. The summed E-state index contributed by atoms with van der Waals surface area (Å²) in [5, 5.41) is 0. The van der Waals surface area contributed by atoms with E-state index in [1.165, 1.54) is 13.2 Å². The first-order valence-electron chi connectivity index (χ1n) is 4.64. The van der Waals surface area contributed by atoms with Crippen LogP contribution < -0.4 is 10.5 Å². The van der Waals surface area contributed by atoms with Gasteiger partial charge in [0.1, 0.15) is 11.8 Å². The van der Waals surface area contributed by atoms with E-state index in [0.717, 1.165) is 12.1 Å². The van der Waals surface area contributed by atoms with E-state index in [1.54, 1.807) is 0 Å². The Balaban J connectivity index is 0.00000324. The lowest BCUT2D eigenvalue weighted by Crippen LogP contribution is -2.45. The summed E-state index contributed by atoms with van der Waals surface area (Å²) in [4.78, 5) is 0. The minimum absolute atomic E-state index is 0. The molecular weight excluding hydrogens is 360 g/mol. The normalized spacial score (nSPS) is 13.7. The van der Waals surface area contributed by atoms with E-state index < -0.39 is 18.1 Å². The van der Waals surface area contributed by atoms with E-state index in [9.17, 15) is 22.0 Å². The van der Waals surface area contributed by atoms with Crippen molar-refractivity contribution in [3.8, 4) is 5.75 Å². The summed E-state index contributed by atoms with van der Waals surface area (Å²) >= 11 is 2.99. The molecule has 0 amide bonds. The number of ether oxygens (including phenoxy) is 1. The number of benzene rings is 1. The van der Waals surface area contributed by atoms with E-state index >= 15 is 0 Å². The second kappa shape index (κ2) is 6.23. The Labute approximate surface area is 120 Å². The average Bonchev–Trinajstić information content (AvgIpc) is 2.26. The minimum Gasteiger partial charge on any atom is -0.496 e. The minimum atomic E-state index is -5.70. The van der Waals surface area contributed by atoms with E-state index in [2.05, 4.69) is 15.9 Å². The van der Waals surface area contributed by atoms with Crippen LogP contribution in [-0.2, 0) is 0 Å². The largest absolute Gasteiger partial charge is 0.496 e. The van der Waals surface area contributed by atoms with Crippen LogP contribution in [0.25, 0.3) is 0 Å². The molecule has 9 heteroatoms. The quantitative estimate of drug-likeness (QED) is 0.814. The smallest absolute Gasteiger partial charge is 0.455 e. The monoisotopic (exact) mass is 369 g/mol.